The molecule has 0 bridgehead atoms. The SMILES string of the molecule is N#CC1=C(N)Oc2cc3c(cc2[C@@H]1c1cccc(OCC(N)=O)c1)OCO3. The van der Waals surface area contributed by atoms with Crippen molar-refractivity contribution in [2.24, 2.45) is 11.5 Å². The van der Waals surface area contributed by atoms with Crippen LogP contribution in [0.25, 0.3) is 0 Å². The molecule has 136 valence electrons. The van der Waals surface area contributed by atoms with Crippen LogP contribution >= 0.6 is 0 Å². The van der Waals surface area contributed by atoms with Crippen LogP contribution in [-0.4, -0.2) is 19.3 Å². The highest BCUT2D eigenvalue weighted by atomic mass is 16.7. The lowest BCUT2D eigenvalue weighted by molar-refractivity contribution is -0.119. The molecule has 0 saturated carbocycles. The van der Waals surface area contributed by atoms with Crippen molar-refractivity contribution in [3.63, 3.8) is 0 Å². The van der Waals surface area contributed by atoms with Crippen molar-refractivity contribution in [3.05, 3.63) is 59.0 Å². The molecule has 2 aromatic carbocycles. The van der Waals surface area contributed by atoms with E-state index in [1.807, 2.05) is 6.07 Å². The second-order valence-corrected chi connectivity index (χ2v) is 6.00. The van der Waals surface area contributed by atoms with Crippen molar-refractivity contribution in [1.82, 2.24) is 0 Å². The van der Waals surface area contributed by atoms with Crippen LogP contribution in [0, 0.1) is 11.3 Å². The highest BCUT2D eigenvalue weighted by Gasteiger charge is 2.33. The Morgan fingerprint density at radius 2 is 2.00 bits per heavy atom. The highest BCUT2D eigenvalue weighted by Crippen LogP contribution is 2.48. The second kappa shape index (κ2) is 6.46. The van der Waals surface area contributed by atoms with Gasteiger partial charge in [0.15, 0.2) is 18.1 Å². The van der Waals surface area contributed by atoms with Gasteiger partial charge in [0.2, 0.25) is 12.7 Å². The van der Waals surface area contributed by atoms with Crippen LogP contribution in [0.1, 0.15) is 17.0 Å². The lowest BCUT2D eigenvalue weighted by Gasteiger charge is -2.26. The number of fused-ring (bicyclic) bond motifs is 2. The molecular formula is C19H15N3O5. The zero-order valence-electron chi connectivity index (χ0n) is 14.1. The highest BCUT2D eigenvalue weighted by molar-refractivity contribution is 5.75. The smallest absolute Gasteiger partial charge is 0.255 e. The molecule has 0 fully saturated rings. The molecule has 1 atom stereocenters. The number of carbonyl (C=O) groups excluding carboxylic acids is 1. The van der Waals surface area contributed by atoms with Crippen LogP contribution in [0.3, 0.4) is 0 Å². The Morgan fingerprint density at radius 1 is 1.22 bits per heavy atom. The van der Waals surface area contributed by atoms with Gasteiger partial charge < -0.3 is 30.4 Å². The van der Waals surface area contributed by atoms with Gasteiger partial charge >= 0.3 is 0 Å². The van der Waals surface area contributed by atoms with Gasteiger partial charge in [0.05, 0.1) is 5.92 Å². The summed E-state index contributed by atoms with van der Waals surface area (Å²) in [5, 5.41) is 9.64. The fourth-order valence-corrected chi connectivity index (χ4v) is 3.13. The lowest BCUT2D eigenvalue weighted by Crippen LogP contribution is -2.21. The zero-order chi connectivity index (χ0) is 19.0. The maximum absolute atomic E-state index is 11.0. The van der Waals surface area contributed by atoms with Crippen LogP contribution in [-0.2, 0) is 4.79 Å². The van der Waals surface area contributed by atoms with E-state index in [4.69, 9.17) is 30.4 Å². The molecule has 27 heavy (non-hydrogen) atoms. The number of hydrogen-bond acceptors (Lipinski definition) is 7. The Hall–Kier alpha value is -3.86. The Labute approximate surface area is 154 Å². The molecular weight excluding hydrogens is 350 g/mol. The number of ether oxygens (including phenoxy) is 4. The fourth-order valence-electron chi connectivity index (χ4n) is 3.13. The molecule has 1 amide bonds. The van der Waals surface area contributed by atoms with Crippen molar-refractivity contribution in [2.45, 2.75) is 5.92 Å². The van der Waals surface area contributed by atoms with Crippen LogP contribution in [0.5, 0.6) is 23.0 Å². The molecule has 2 aromatic rings. The monoisotopic (exact) mass is 365 g/mol. The predicted octanol–water partition coefficient (Wildman–Crippen LogP) is 1.50. The minimum atomic E-state index is -0.577. The molecule has 2 aliphatic heterocycles. The van der Waals surface area contributed by atoms with Gasteiger partial charge in [0.1, 0.15) is 23.1 Å². The standard InChI is InChI=1S/C19H15N3O5/c20-7-13-18(10-2-1-3-11(4-10)24-8-17(21)23)12-5-15-16(26-9-25-15)6-14(12)27-19(13)22/h1-6,18H,8-9,22H2,(H2,21,23)/t18-/m0/s1. The van der Waals surface area contributed by atoms with E-state index in [2.05, 4.69) is 6.07 Å². The first-order valence-electron chi connectivity index (χ1n) is 8.09. The van der Waals surface area contributed by atoms with Crippen molar-refractivity contribution in [1.29, 1.82) is 5.26 Å². The van der Waals surface area contributed by atoms with E-state index < -0.39 is 11.8 Å². The molecule has 4 rings (SSSR count). The van der Waals surface area contributed by atoms with E-state index in [-0.39, 0.29) is 24.9 Å². The Bertz CT molecular complexity index is 1010. The van der Waals surface area contributed by atoms with E-state index >= 15 is 0 Å². The first kappa shape index (κ1) is 16.6. The van der Waals surface area contributed by atoms with Gasteiger partial charge in [0.25, 0.3) is 5.91 Å². The third-order valence-corrected chi connectivity index (χ3v) is 4.28. The van der Waals surface area contributed by atoms with Crippen LogP contribution in [0.15, 0.2) is 47.9 Å². The molecule has 8 heteroatoms. The number of carbonyl (C=O) groups is 1. The van der Waals surface area contributed by atoms with Crippen LogP contribution in [0.2, 0.25) is 0 Å². The molecule has 4 N–H and O–H groups in total. The lowest BCUT2D eigenvalue weighted by atomic mass is 9.83. The number of hydrogen-bond donors (Lipinski definition) is 2. The summed E-state index contributed by atoms with van der Waals surface area (Å²) in [7, 11) is 0. The van der Waals surface area contributed by atoms with Crippen molar-refractivity contribution in [2.75, 3.05) is 13.4 Å². The number of nitrogens with zero attached hydrogens (tertiary/aromatic N) is 1. The van der Waals surface area contributed by atoms with Crippen molar-refractivity contribution in [3.8, 4) is 29.1 Å². The van der Waals surface area contributed by atoms with Gasteiger partial charge in [-0.25, -0.2) is 0 Å². The average molecular weight is 365 g/mol. The summed E-state index contributed by atoms with van der Waals surface area (Å²) in [5.41, 5.74) is 12.9. The Kier molecular flexibility index (Phi) is 3.97. The van der Waals surface area contributed by atoms with Crippen molar-refractivity contribution >= 4 is 5.91 Å². The van der Waals surface area contributed by atoms with Gasteiger partial charge in [-0.3, -0.25) is 4.79 Å². The summed E-state index contributed by atoms with van der Waals surface area (Å²) in [6.45, 7) is -0.122. The summed E-state index contributed by atoms with van der Waals surface area (Å²) in [5.74, 6) is 1.04. The third-order valence-electron chi connectivity index (χ3n) is 4.28. The number of primary amides is 1. The van der Waals surface area contributed by atoms with Crippen LogP contribution < -0.4 is 30.4 Å². The molecule has 0 saturated heterocycles. The number of amides is 1. The molecule has 0 aromatic heterocycles. The maximum atomic E-state index is 11.0. The first-order valence-corrected chi connectivity index (χ1v) is 8.09. The maximum Gasteiger partial charge on any atom is 0.255 e. The van der Waals surface area contributed by atoms with Crippen molar-refractivity contribution < 1.29 is 23.7 Å². The second-order valence-electron chi connectivity index (χ2n) is 6.00. The minimum absolute atomic E-state index is 0.0253. The van der Waals surface area contributed by atoms with E-state index in [1.54, 1.807) is 30.3 Å². The molecule has 2 heterocycles. The number of benzene rings is 2. The normalized spacial score (nSPS) is 16.9. The minimum Gasteiger partial charge on any atom is -0.484 e. The molecule has 0 spiro atoms. The summed E-state index contributed by atoms with van der Waals surface area (Å²) in [6.07, 6.45) is 0. The van der Waals surface area contributed by atoms with Gasteiger partial charge in [-0.15, -0.1) is 0 Å². The van der Waals surface area contributed by atoms with Gasteiger partial charge in [-0.05, 0) is 23.8 Å². The number of allylic oxidation sites excluding steroid dienone is 1. The topological polar surface area (TPSA) is 130 Å². The number of rotatable bonds is 4. The first-order chi connectivity index (χ1) is 13.1. The summed E-state index contributed by atoms with van der Waals surface area (Å²) in [4.78, 5) is 11.0. The molecule has 0 aliphatic carbocycles. The van der Waals surface area contributed by atoms with Gasteiger partial charge in [-0.2, -0.15) is 5.26 Å². The largest absolute Gasteiger partial charge is 0.484 e. The molecule has 0 radical (unpaired) electrons. The number of nitrogens with two attached hydrogens (primary N) is 2. The zero-order valence-corrected chi connectivity index (χ0v) is 14.1. The molecule has 2 aliphatic rings. The van der Waals surface area contributed by atoms with Crippen LogP contribution in [0.4, 0.5) is 0 Å². The molecule has 0 unspecified atom stereocenters. The van der Waals surface area contributed by atoms with E-state index in [0.717, 1.165) is 11.1 Å². The average Bonchev–Trinajstić information content (AvgIpc) is 3.11. The fraction of sp³-hybridized carbons (Fsp3) is 0.158. The van der Waals surface area contributed by atoms with Gasteiger partial charge in [-0.1, -0.05) is 12.1 Å². The molecule has 8 nitrogen and oxygen atoms in total. The predicted molar refractivity (Wildman–Crippen MR) is 93.0 cm³/mol. The van der Waals surface area contributed by atoms with E-state index in [1.165, 1.54) is 0 Å². The van der Waals surface area contributed by atoms with Gasteiger partial charge in [0, 0.05) is 11.6 Å². The number of nitriles is 1. The third kappa shape index (κ3) is 2.95. The quantitative estimate of drug-likeness (QED) is 0.839. The van der Waals surface area contributed by atoms with E-state index in [9.17, 15) is 10.1 Å². The summed E-state index contributed by atoms with van der Waals surface area (Å²) >= 11 is 0. The Balaban J connectivity index is 1.80. The Morgan fingerprint density at radius 3 is 2.74 bits per heavy atom. The summed E-state index contributed by atoms with van der Waals surface area (Å²) in [6, 6.07) is 12.6. The van der Waals surface area contributed by atoms with E-state index in [0.29, 0.717) is 23.0 Å². The summed E-state index contributed by atoms with van der Waals surface area (Å²) < 4.78 is 21.8.